The van der Waals surface area contributed by atoms with Crippen molar-refractivity contribution in [2.24, 2.45) is 4.99 Å². The van der Waals surface area contributed by atoms with Gasteiger partial charge in [-0.15, -0.1) is 10.2 Å². The summed E-state index contributed by atoms with van der Waals surface area (Å²) in [6.45, 7) is 10.1. The Bertz CT molecular complexity index is 1180. The number of aliphatic imine (C=N–C) groups is 1. The maximum Gasteiger partial charge on any atom is 0.234 e. The third kappa shape index (κ3) is 6.70. The predicted molar refractivity (Wildman–Crippen MR) is 144 cm³/mol. The van der Waals surface area contributed by atoms with E-state index in [9.17, 15) is 4.39 Å². The van der Waals surface area contributed by atoms with E-state index in [0.29, 0.717) is 23.9 Å². The Morgan fingerprint density at radius 3 is 2.49 bits per heavy atom. The zero-order valence-electron chi connectivity index (χ0n) is 21.1. The zero-order chi connectivity index (χ0) is 25.5. The van der Waals surface area contributed by atoms with Gasteiger partial charge in [-0.3, -0.25) is 4.90 Å². The van der Waals surface area contributed by atoms with Crippen LogP contribution >= 0.6 is 11.3 Å². The molecule has 3 aromatic rings. The second-order valence-corrected chi connectivity index (χ2v) is 10.2. The lowest BCUT2D eigenvalue weighted by atomic mass is 9.97. The molecular weight excluding hydrogens is 491 g/mol. The maximum atomic E-state index is 15.0. The molecule has 2 saturated heterocycles. The van der Waals surface area contributed by atoms with Crippen molar-refractivity contribution >= 4 is 22.4 Å². The third-order valence-corrected chi connectivity index (χ3v) is 7.71. The Hall–Kier alpha value is -2.92. The summed E-state index contributed by atoms with van der Waals surface area (Å²) in [6.07, 6.45) is 0. The van der Waals surface area contributed by atoms with Crippen molar-refractivity contribution in [2.45, 2.75) is 12.8 Å². The highest BCUT2D eigenvalue weighted by molar-refractivity contribution is 7.15. The number of guanidine groups is 1. The molecule has 0 aliphatic carbocycles. The first-order valence-electron chi connectivity index (χ1n) is 12.8. The summed E-state index contributed by atoms with van der Waals surface area (Å²) < 4.78 is 25.9. The summed E-state index contributed by atoms with van der Waals surface area (Å²) in [5, 5.41) is 13.7. The lowest BCUT2D eigenvalue weighted by Gasteiger charge is -2.31. The van der Waals surface area contributed by atoms with E-state index >= 15 is 0 Å². The van der Waals surface area contributed by atoms with E-state index in [-0.39, 0.29) is 11.7 Å². The first-order valence-corrected chi connectivity index (χ1v) is 13.6. The summed E-state index contributed by atoms with van der Waals surface area (Å²) in [7, 11) is 0. The van der Waals surface area contributed by atoms with Gasteiger partial charge in [0.25, 0.3) is 0 Å². The van der Waals surface area contributed by atoms with Crippen molar-refractivity contribution in [1.29, 1.82) is 0 Å². The molecule has 0 saturated carbocycles. The van der Waals surface area contributed by atoms with Gasteiger partial charge in [-0.05, 0) is 17.2 Å². The van der Waals surface area contributed by atoms with E-state index in [0.717, 1.165) is 74.6 Å². The van der Waals surface area contributed by atoms with E-state index < -0.39 is 0 Å². The highest BCUT2D eigenvalue weighted by atomic mass is 32.1. The van der Waals surface area contributed by atoms with Crippen molar-refractivity contribution in [3.63, 3.8) is 0 Å². The average Bonchev–Trinajstić information content (AvgIpc) is 3.42. The van der Waals surface area contributed by atoms with Crippen LogP contribution in [0.15, 0.2) is 53.5 Å². The molecular formula is C27H33FN6O2S. The maximum absolute atomic E-state index is 15.0. The number of hydrogen-bond acceptors (Lipinski definition) is 7. The van der Waals surface area contributed by atoms with Gasteiger partial charge in [0.1, 0.15) is 10.8 Å². The molecule has 0 bridgehead atoms. The van der Waals surface area contributed by atoms with Crippen LogP contribution in [0.5, 0.6) is 0 Å². The van der Waals surface area contributed by atoms with Crippen LogP contribution in [-0.2, 0) is 9.47 Å². The lowest BCUT2D eigenvalue weighted by molar-refractivity contribution is 0.0385. The fourth-order valence-electron chi connectivity index (χ4n) is 4.48. The number of nitrogens with one attached hydrogen (secondary N) is 1. The summed E-state index contributed by atoms with van der Waals surface area (Å²) in [4.78, 5) is 9.43. The highest BCUT2D eigenvalue weighted by Gasteiger charge is 2.20. The molecule has 3 heterocycles. The summed E-state index contributed by atoms with van der Waals surface area (Å²) in [5.41, 5.74) is 2.32. The quantitative estimate of drug-likeness (QED) is 0.373. The molecule has 1 unspecified atom stereocenters. The molecule has 5 rings (SSSR count). The van der Waals surface area contributed by atoms with Crippen LogP contribution in [0.4, 0.5) is 9.52 Å². The highest BCUT2D eigenvalue weighted by Crippen LogP contribution is 2.32. The molecule has 0 amide bonds. The number of ether oxygens (including phenoxy) is 2. The standard InChI is InChI=1S/C27H33FN6O2S/c1-20(22-7-8-23(24(28)19-22)21-5-3-2-4-6-21)25-31-32-27(37-25)30-26(34-13-17-36-18-14-34)29-9-10-33-11-15-35-16-12-33/h2-8,19-20H,9-18H2,1H3,(H,29,30,32). The second-order valence-electron chi connectivity index (χ2n) is 9.17. The van der Waals surface area contributed by atoms with Gasteiger partial charge >= 0.3 is 0 Å². The topological polar surface area (TPSA) is 75.1 Å². The monoisotopic (exact) mass is 524 g/mol. The lowest BCUT2D eigenvalue weighted by Crippen LogP contribution is -2.49. The minimum atomic E-state index is -0.239. The molecule has 10 heteroatoms. The minimum absolute atomic E-state index is 0.0955. The van der Waals surface area contributed by atoms with Gasteiger partial charge in [0, 0.05) is 50.7 Å². The minimum Gasteiger partial charge on any atom is -0.379 e. The fraction of sp³-hybridized carbons (Fsp3) is 0.444. The Labute approximate surface area is 221 Å². The molecule has 37 heavy (non-hydrogen) atoms. The number of morpholine rings is 2. The summed E-state index contributed by atoms with van der Waals surface area (Å²) >= 11 is 1.44. The predicted octanol–water partition coefficient (Wildman–Crippen LogP) is 3.74. The molecule has 196 valence electrons. The van der Waals surface area contributed by atoms with E-state index in [1.807, 2.05) is 49.4 Å². The van der Waals surface area contributed by atoms with Gasteiger partial charge in [0.05, 0.1) is 26.4 Å². The molecule has 2 fully saturated rings. The molecule has 1 aromatic heterocycles. The Morgan fingerprint density at radius 2 is 1.76 bits per heavy atom. The smallest absolute Gasteiger partial charge is 0.234 e. The van der Waals surface area contributed by atoms with Gasteiger partial charge in [-0.1, -0.05) is 60.7 Å². The first kappa shape index (κ1) is 25.7. The molecule has 0 radical (unpaired) electrons. The van der Waals surface area contributed by atoms with Crippen LogP contribution in [-0.4, -0.2) is 91.7 Å². The van der Waals surface area contributed by atoms with Gasteiger partial charge in [-0.25, -0.2) is 4.39 Å². The SMILES string of the molecule is CC(c1ccc(-c2ccccc2)c(F)c1)c1nnc(/N=C(\NCCN2CCOCC2)N2CCOCC2)s1. The number of rotatable bonds is 7. The first-order chi connectivity index (χ1) is 18.2. The Balaban J connectivity index is 1.29. The number of benzene rings is 2. The van der Waals surface area contributed by atoms with E-state index in [4.69, 9.17) is 14.5 Å². The van der Waals surface area contributed by atoms with Crippen molar-refractivity contribution in [3.8, 4) is 11.1 Å². The van der Waals surface area contributed by atoms with Crippen molar-refractivity contribution in [1.82, 2.24) is 25.3 Å². The van der Waals surface area contributed by atoms with Crippen LogP contribution in [0.1, 0.15) is 23.4 Å². The van der Waals surface area contributed by atoms with E-state index in [1.165, 1.54) is 11.3 Å². The molecule has 1 N–H and O–H groups in total. The largest absolute Gasteiger partial charge is 0.379 e. The van der Waals surface area contributed by atoms with E-state index in [2.05, 4.69) is 25.3 Å². The van der Waals surface area contributed by atoms with Crippen LogP contribution in [0.2, 0.25) is 0 Å². The normalized spacial score (nSPS) is 18.1. The van der Waals surface area contributed by atoms with Crippen LogP contribution in [0.3, 0.4) is 0 Å². The third-order valence-electron chi connectivity index (χ3n) is 6.71. The van der Waals surface area contributed by atoms with Crippen LogP contribution < -0.4 is 5.32 Å². The van der Waals surface area contributed by atoms with Crippen molar-refractivity contribution in [3.05, 3.63) is 64.9 Å². The molecule has 2 aliphatic rings. The number of halogens is 1. The molecule has 0 spiro atoms. The second kappa shape index (κ2) is 12.6. The summed E-state index contributed by atoms with van der Waals surface area (Å²) in [5.74, 6) is 0.462. The van der Waals surface area contributed by atoms with Crippen molar-refractivity contribution in [2.75, 3.05) is 65.7 Å². The zero-order valence-corrected chi connectivity index (χ0v) is 21.9. The number of hydrogen-bond donors (Lipinski definition) is 1. The van der Waals surface area contributed by atoms with Gasteiger partial charge in [0.2, 0.25) is 11.1 Å². The molecule has 2 aromatic carbocycles. The molecule has 1 atom stereocenters. The molecule has 8 nitrogen and oxygen atoms in total. The van der Waals surface area contributed by atoms with Crippen LogP contribution in [0, 0.1) is 5.82 Å². The van der Waals surface area contributed by atoms with Crippen molar-refractivity contribution < 1.29 is 13.9 Å². The molecule has 2 aliphatic heterocycles. The van der Waals surface area contributed by atoms with Gasteiger partial charge in [0.15, 0.2) is 0 Å². The Morgan fingerprint density at radius 1 is 1.03 bits per heavy atom. The summed E-state index contributed by atoms with van der Waals surface area (Å²) in [6, 6.07) is 15.0. The van der Waals surface area contributed by atoms with Gasteiger partial charge in [-0.2, -0.15) is 4.99 Å². The van der Waals surface area contributed by atoms with E-state index in [1.54, 1.807) is 6.07 Å². The number of aromatic nitrogens is 2. The van der Waals surface area contributed by atoms with Gasteiger partial charge < -0.3 is 19.7 Å². The number of nitrogens with zero attached hydrogens (tertiary/aromatic N) is 5. The van der Waals surface area contributed by atoms with Crippen LogP contribution in [0.25, 0.3) is 11.1 Å². The average molecular weight is 525 g/mol. The fourth-order valence-corrected chi connectivity index (χ4v) is 5.28. The Kier molecular flexibility index (Phi) is 8.72.